The molecule has 198 valence electrons. The molecule has 4 aromatic rings. The van der Waals surface area contributed by atoms with Gasteiger partial charge in [-0.15, -0.1) is 0 Å². The molecule has 39 heavy (non-hydrogen) atoms. The molecule has 2 N–H and O–H groups in total. The number of aryl methyl sites for hydroxylation is 1. The molecule has 0 spiro atoms. The molecule has 0 unspecified atom stereocenters. The largest absolute Gasteiger partial charge is 0.357 e. The molecular weight excluding hydrogens is 476 g/mol. The fourth-order valence-corrected chi connectivity index (χ4v) is 5.80. The molecule has 1 fully saturated rings. The molecule has 3 heterocycles. The summed E-state index contributed by atoms with van der Waals surface area (Å²) in [4.78, 5) is 7.89. The minimum absolute atomic E-state index is 0.779. The Morgan fingerprint density at radius 3 is 2.64 bits per heavy atom. The number of pyridine rings is 1. The Morgan fingerprint density at radius 2 is 1.92 bits per heavy atom. The summed E-state index contributed by atoms with van der Waals surface area (Å²) >= 11 is 0. The van der Waals surface area contributed by atoms with Gasteiger partial charge in [-0.2, -0.15) is 5.10 Å². The topological polar surface area (TPSA) is 57.4 Å². The summed E-state index contributed by atoms with van der Waals surface area (Å²) in [5, 5.41) is 9.04. The van der Waals surface area contributed by atoms with Gasteiger partial charge in [-0.1, -0.05) is 87.8 Å². The molecule has 5 rings (SSSR count). The summed E-state index contributed by atoms with van der Waals surface area (Å²) in [6, 6.07) is 12.8. The monoisotopic (exact) mass is 514 g/mol. The van der Waals surface area contributed by atoms with Gasteiger partial charge in [-0.05, 0) is 72.7 Å². The minimum Gasteiger partial charge on any atom is -0.357 e. The van der Waals surface area contributed by atoms with Crippen molar-refractivity contribution in [3.05, 3.63) is 120 Å². The van der Waals surface area contributed by atoms with Crippen LogP contribution in [0.1, 0.15) is 67.8 Å². The lowest BCUT2D eigenvalue weighted by Crippen LogP contribution is -2.06. The Labute approximate surface area is 232 Å². The summed E-state index contributed by atoms with van der Waals surface area (Å²) in [5.41, 5.74) is 10.9. The summed E-state index contributed by atoms with van der Waals surface area (Å²) in [5.74, 6) is 0.779. The van der Waals surface area contributed by atoms with Crippen molar-refractivity contribution in [3.63, 3.8) is 0 Å². The fourth-order valence-electron chi connectivity index (χ4n) is 5.80. The van der Waals surface area contributed by atoms with Crippen LogP contribution in [0.5, 0.6) is 0 Å². The third-order valence-corrected chi connectivity index (χ3v) is 7.88. The van der Waals surface area contributed by atoms with Crippen LogP contribution in [-0.4, -0.2) is 20.2 Å². The Balaban J connectivity index is 1.49. The predicted octanol–water partition coefficient (Wildman–Crippen LogP) is 9.37. The van der Waals surface area contributed by atoms with E-state index in [1.165, 1.54) is 48.8 Å². The number of hydrogen-bond acceptors (Lipinski definition) is 2. The number of rotatable bonds is 9. The van der Waals surface area contributed by atoms with Crippen molar-refractivity contribution in [3.8, 4) is 11.4 Å². The second-order valence-corrected chi connectivity index (χ2v) is 10.5. The number of aromatic nitrogens is 4. The lowest BCUT2D eigenvalue weighted by atomic mass is 9.84. The zero-order valence-corrected chi connectivity index (χ0v) is 23.1. The molecule has 0 atom stereocenters. The summed E-state index contributed by atoms with van der Waals surface area (Å²) < 4.78 is 0. The highest BCUT2D eigenvalue weighted by Gasteiger charge is 2.17. The van der Waals surface area contributed by atoms with Crippen LogP contribution in [0.2, 0.25) is 0 Å². The molecule has 4 nitrogen and oxygen atoms in total. The zero-order chi connectivity index (χ0) is 27.2. The van der Waals surface area contributed by atoms with Crippen LogP contribution in [0, 0.1) is 12.8 Å². The van der Waals surface area contributed by atoms with Crippen molar-refractivity contribution >= 4 is 22.0 Å². The van der Waals surface area contributed by atoms with Crippen molar-refractivity contribution in [1.29, 1.82) is 0 Å². The summed E-state index contributed by atoms with van der Waals surface area (Å²) in [6.45, 7) is 12.3. The van der Waals surface area contributed by atoms with Crippen molar-refractivity contribution in [2.45, 2.75) is 52.4 Å². The maximum Gasteiger partial charge on any atom is 0.116 e. The number of benzene rings is 1. The number of allylic oxidation sites excluding steroid dienone is 7. The number of fused-ring (bicyclic) bond motifs is 1. The first kappa shape index (κ1) is 26.4. The molecule has 1 saturated carbocycles. The third-order valence-electron chi connectivity index (χ3n) is 7.88. The first-order chi connectivity index (χ1) is 19.1. The molecule has 0 aliphatic heterocycles. The van der Waals surface area contributed by atoms with Gasteiger partial charge >= 0.3 is 0 Å². The Bertz CT molecular complexity index is 1550. The van der Waals surface area contributed by atoms with Gasteiger partial charge in [0, 0.05) is 34.6 Å². The average Bonchev–Trinajstić information content (AvgIpc) is 3.57. The van der Waals surface area contributed by atoms with Crippen LogP contribution >= 0.6 is 0 Å². The second-order valence-electron chi connectivity index (χ2n) is 10.5. The Hall–Kier alpha value is -4.18. The third kappa shape index (κ3) is 5.80. The van der Waals surface area contributed by atoms with E-state index in [-0.39, 0.29) is 0 Å². The van der Waals surface area contributed by atoms with E-state index < -0.39 is 0 Å². The van der Waals surface area contributed by atoms with Gasteiger partial charge < -0.3 is 4.98 Å². The highest BCUT2D eigenvalue weighted by atomic mass is 15.1. The summed E-state index contributed by atoms with van der Waals surface area (Å²) in [6.07, 6.45) is 22.0. The van der Waals surface area contributed by atoms with E-state index in [1.807, 2.05) is 30.5 Å². The number of aromatic amines is 2. The van der Waals surface area contributed by atoms with Crippen LogP contribution < -0.4 is 0 Å². The van der Waals surface area contributed by atoms with E-state index in [2.05, 4.69) is 84.6 Å². The Morgan fingerprint density at radius 1 is 1.08 bits per heavy atom. The van der Waals surface area contributed by atoms with Crippen LogP contribution in [0.3, 0.4) is 0 Å². The maximum absolute atomic E-state index is 4.72. The van der Waals surface area contributed by atoms with Crippen molar-refractivity contribution in [2.75, 3.05) is 0 Å². The van der Waals surface area contributed by atoms with Crippen molar-refractivity contribution < 1.29 is 0 Å². The van der Waals surface area contributed by atoms with E-state index in [9.17, 15) is 0 Å². The van der Waals surface area contributed by atoms with Crippen LogP contribution in [0.4, 0.5) is 0 Å². The highest BCUT2D eigenvalue weighted by molar-refractivity contribution is 5.96. The molecule has 0 radical (unpaired) electrons. The fraction of sp³-hybridized carbons (Fsp3) is 0.257. The number of nitrogens with one attached hydrogen (secondary N) is 2. The molecule has 4 heteroatoms. The zero-order valence-electron chi connectivity index (χ0n) is 23.1. The maximum atomic E-state index is 4.72. The molecule has 1 aliphatic rings. The van der Waals surface area contributed by atoms with Gasteiger partial charge in [0.1, 0.15) is 5.69 Å². The van der Waals surface area contributed by atoms with E-state index in [1.54, 1.807) is 6.20 Å². The van der Waals surface area contributed by atoms with Gasteiger partial charge in [-0.25, -0.2) is 0 Å². The van der Waals surface area contributed by atoms with Gasteiger partial charge in [0.05, 0.1) is 11.2 Å². The smallest absolute Gasteiger partial charge is 0.116 e. The number of H-pyrrole nitrogens is 2. The van der Waals surface area contributed by atoms with Crippen LogP contribution in [0.25, 0.3) is 33.4 Å². The van der Waals surface area contributed by atoms with Crippen LogP contribution in [0.15, 0.2) is 97.9 Å². The van der Waals surface area contributed by atoms with Gasteiger partial charge in [0.25, 0.3) is 0 Å². The van der Waals surface area contributed by atoms with Crippen molar-refractivity contribution in [1.82, 2.24) is 20.2 Å². The van der Waals surface area contributed by atoms with Gasteiger partial charge in [0.15, 0.2) is 0 Å². The molecule has 0 bridgehead atoms. The highest BCUT2D eigenvalue weighted by Crippen LogP contribution is 2.35. The summed E-state index contributed by atoms with van der Waals surface area (Å²) in [7, 11) is 0. The second kappa shape index (κ2) is 12.1. The Kier molecular flexibility index (Phi) is 8.21. The SMILES string of the molecule is C=C/C=C(/c1cccnc1)c1cc(-c2n[nH]c3ccc(C(/C=C(\C=C)CC4CCCCC4)=C/C)cc23)[nH]c1C. The lowest BCUT2D eigenvalue weighted by Gasteiger charge is -2.22. The van der Waals surface area contributed by atoms with Crippen LogP contribution in [-0.2, 0) is 0 Å². The molecule has 0 saturated heterocycles. The quantitative estimate of drug-likeness (QED) is 0.219. The lowest BCUT2D eigenvalue weighted by molar-refractivity contribution is 0.358. The normalized spacial score (nSPS) is 15.6. The predicted molar refractivity (Wildman–Crippen MR) is 165 cm³/mol. The van der Waals surface area contributed by atoms with Gasteiger partial charge in [-0.3, -0.25) is 10.1 Å². The first-order valence-corrected chi connectivity index (χ1v) is 14.0. The standard InChI is InChI=1S/C35H38N4/c1-5-12-30(29-15-11-18-36-23-29)31-22-34(37-24(31)4)35-32-21-28(16-17-33(32)38-39-35)27(7-3)20-25(6-2)19-26-13-9-8-10-14-26/h5-7,11-12,15-18,20-23,26,37H,1-2,8-10,13-14,19H2,3-4H3,(H,38,39)/b25-20+,27-7+,30-12-. The van der Waals surface area contributed by atoms with E-state index in [0.717, 1.165) is 57.0 Å². The van der Waals surface area contributed by atoms with Crippen molar-refractivity contribution in [2.24, 2.45) is 5.92 Å². The molecule has 3 aromatic heterocycles. The number of hydrogen-bond donors (Lipinski definition) is 2. The first-order valence-electron chi connectivity index (χ1n) is 14.0. The van der Waals surface area contributed by atoms with E-state index in [0.29, 0.717) is 0 Å². The van der Waals surface area contributed by atoms with E-state index >= 15 is 0 Å². The molecule has 1 aromatic carbocycles. The van der Waals surface area contributed by atoms with E-state index in [4.69, 9.17) is 5.10 Å². The molecule has 1 aliphatic carbocycles. The number of nitrogens with zero attached hydrogens (tertiary/aromatic N) is 2. The molecular formula is C35H38N4. The van der Waals surface area contributed by atoms with Gasteiger partial charge in [0.2, 0.25) is 0 Å². The molecule has 0 amide bonds. The minimum atomic E-state index is 0.779. The average molecular weight is 515 g/mol.